The van der Waals surface area contributed by atoms with E-state index in [1.807, 2.05) is 30.3 Å². The largest absolute Gasteiger partial charge is 0.494 e. The zero-order valence-corrected chi connectivity index (χ0v) is 10.6. The summed E-state index contributed by atoms with van der Waals surface area (Å²) in [7, 11) is 0. The fraction of sp³-hybridized carbons (Fsp3) is 0.357. The maximum absolute atomic E-state index is 5.62. The van der Waals surface area contributed by atoms with Crippen LogP contribution in [0.15, 0.2) is 30.3 Å². The van der Waals surface area contributed by atoms with Gasteiger partial charge in [0.1, 0.15) is 5.75 Å². The number of hydrogen-bond acceptors (Lipinski definition) is 3. The minimum absolute atomic E-state index is 0.477. The lowest BCUT2D eigenvalue weighted by Gasteiger charge is -2.05. The van der Waals surface area contributed by atoms with Gasteiger partial charge in [-0.3, -0.25) is 5.10 Å². The molecule has 96 valence electrons. The van der Waals surface area contributed by atoms with Crippen LogP contribution in [0.2, 0.25) is 0 Å². The van der Waals surface area contributed by atoms with Crippen LogP contribution in [0.5, 0.6) is 5.75 Å². The molecule has 1 aromatic heterocycles. The predicted molar refractivity (Wildman–Crippen MR) is 72.3 cm³/mol. The predicted octanol–water partition coefficient (Wildman–Crippen LogP) is 2.71. The molecule has 1 aromatic carbocycles. The summed E-state index contributed by atoms with van der Waals surface area (Å²) in [5.74, 6) is 0.904. The minimum atomic E-state index is 0.477. The third kappa shape index (κ3) is 3.11. The van der Waals surface area contributed by atoms with Crippen molar-refractivity contribution in [1.82, 2.24) is 10.2 Å². The number of nitrogens with two attached hydrogens (primary N) is 1. The summed E-state index contributed by atoms with van der Waals surface area (Å²) in [4.78, 5) is 0. The van der Waals surface area contributed by atoms with Crippen LogP contribution in [-0.4, -0.2) is 16.8 Å². The summed E-state index contributed by atoms with van der Waals surface area (Å²) in [5.41, 5.74) is 8.46. The zero-order chi connectivity index (χ0) is 12.8. The molecule has 1 heterocycles. The molecule has 2 rings (SSSR count). The molecule has 0 bridgehead atoms. The summed E-state index contributed by atoms with van der Waals surface area (Å²) in [6, 6.07) is 9.94. The highest BCUT2D eigenvalue weighted by molar-refractivity contribution is 5.60. The van der Waals surface area contributed by atoms with Gasteiger partial charge in [0.05, 0.1) is 12.3 Å². The molecule has 0 amide bonds. The van der Waals surface area contributed by atoms with Gasteiger partial charge in [-0.15, -0.1) is 0 Å². The van der Waals surface area contributed by atoms with E-state index in [9.17, 15) is 0 Å². The number of hydrogen-bond donors (Lipinski definition) is 2. The van der Waals surface area contributed by atoms with E-state index < -0.39 is 0 Å². The Hall–Kier alpha value is -1.81. The lowest BCUT2D eigenvalue weighted by atomic mass is 10.1. The van der Waals surface area contributed by atoms with Crippen molar-refractivity contribution in [2.75, 3.05) is 6.61 Å². The molecular formula is C14H19N3O. The van der Waals surface area contributed by atoms with Crippen LogP contribution in [0.3, 0.4) is 0 Å². The monoisotopic (exact) mass is 245 g/mol. The molecule has 0 unspecified atom stereocenters. The van der Waals surface area contributed by atoms with E-state index in [2.05, 4.69) is 17.1 Å². The lowest BCUT2D eigenvalue weighted by molar-refractivity contribution is 0.309. The van der Waals surface area contributed by atoms with Crippen LogP contribution in [0, 0.1) is 0 Å². The van der Waals surface area contributed by atoms with Gasteiger partial charge in [0, 0.05) is 17.8 Å². The fourth-order valence-electron chi connectivity index (χ4n) is 1.67. The number of aromatic nitrogens is 2. The summed E-state index contributed by atoms with van der Waals surface area (Å²) in [6.45, 7) is 3.40. The Morgan fingerprint density at radius 3 is 2.67 bits per heavy atom. The lowest BCUT2D eigenvalue weighted by Crippen LogP contribution is -1.95. The second kappa shape index (κ2) is 6.21. The highest BCUT2D eigenvalue weighted by Gasteiger charge is 2.03. The molecular weight excluding hydrogens is 226 g/mol. The molecule has 0 aliphatic heterocycles. The van der Waals surface area contributed by atoms with Crippen LogP contribution in [0.1, 0.15) is 25.5 Å². The van der Waals surface area contributed by atoms with Crippen LogP contribution < -0.4 is 10.5 Å². The topological polar surface area (TPSA) is 63.9 Å². The van der Waals surface area contributed by atoms with Crippen molar-refractivity contribution in [2.45, 2.75) is 26.3 Å². The van der Waals surface area contributed by atoms with Crippen molar-refractivity contribution in [2.24, 2.45) is 5.73 Å². The highest BCUT2D eigenvalue weighted by Crippen LogP contribution is 2.21. The minimum Gasteiger partial charge on any atom is -0.494 e. The van der Waals surface area contributed by atoms with Crippen LogP contribution >= 0.6 is 0 Å². The van der Waals surface area contributed by atoms with E-state index in [1.165, 1.54) is 0 Å². The molecule has 0 aliphatic rings. The quantitative estimate of drug-likeness (QED) is 0.769. The van der Waals surface area contributed by atoms with E-state index in [0.29, 0.717) is 6.54 Å². The Morgan fingerprint density at radius 1 is 1.28 bits per heavy atom. The van der Waals surface area contributed by atoms with Gasteiger partial charge in [0.2, 0.25) is 0 Å². The molecule has 0 spiro atoms. The molecule has 4 heteroatoms. The van der Waals surface area contributed by atoms with Gasteiger partial charge in [-0.05, 0) is 36.8 Å². The number of nitrogens with one attached hydrogen (secondary N) is 1. The molecule has 2 aromatic rings. The first kappa shape index (κ1) is 12.6. The first-order valence-corrected chi connectivity index (χ1v) is 6.31. The van der Waals surface area contributed by atoms with Crippen molar-refractivity contribution in [1.29, 1.82) is 0 Å². The van der Waals surface area contributed by atoms with Crippen molar-refractivity contribution in [3.05, 3.63) is 36.0 Å². The highest BCUT2D eigenvalue weighted by atomic mass is 16.5. The molecule has 0 saturated carbocycles. The van der Waals surface area contributed by atoms with Gasteiger partial charge in [-0.25, -0.2) is 0 Å². The molecule has 0 fully saturated rings. The molecule has 0 radical (unpaired) electrons. The summed E-state index contributed by atoms with van der Waals surface area (Å²) < 4.78 is 5.62. The smallest absolute Gasteiger partial charge is 0.119 e. The summed E-state index contributed by atoms with van der Waals surface area (Å²) >= 11 is 0. The summed E-state index contributed by atoms with van der Waals surface area (Å²) in [5, 5.41) is 7.12. The molecule has 3 N–H and O–H groups in total. The molecule has 18 heavy (non-hydrogen) atoms. The van der Waals surface area contributed by atoms with Crippen LogP contribution in [0.4, 0.5) is 0 Å². The Morgan fingerprint density at radius 2 is 2.06 bits per heavy atom. The standard InChI is InChI=1S/C14H19N3O/c1-2-3-8-18-13-6-4-11(5-7-13)14-9-12(10-15)16-17-14/h4-7,9H,2-3,8,10,15H2,1H3,(H,16,17). The second-order valence-electron chi connectivity index (χ2n) is 4.21. The van der Waals surface area contributed by atoms with E-state index >= 15 is 0 Å². The van der Waals surface area contributed by atoms with Crippen molar-refractivity contribution >= 4 is 0 Å². The van der Waals surface area contributed by atoms with Gasteiger partial charge in [-0.1, -0.05) is 13.3 Å². The fourth-order valence-corrected chi connectivity index (χ4v) is 1.67. The molecule has 0 aliphatic carbocycles. The van der Waals surface area contributed by atoms with Crippen LogP contribution in [-0.2, 0) is 6.54 Å². The number of unbranched alkanes of at least 4 members (excludes halogenated alkanes) is 1. The number of aromatic amines is 1. The maximum Gasteiger partial charge on any atom is 0.119 e. The number of rotatable bonds is 6. The first-order valence-electron chi connectivity index (χ1n) is 6.31. The molecule has 0 saturated heterocycles. The van der Waals surface area contributed by atoms with E-state index in [4.69, 9.17) is 10.5 Å². The Kier molecular flexibility index (Phi) is 4.36. The third-order valence-corrected chi connectivity index (χ3v) is 2.77. The Labute approximate surface area is 107 Å². The zero-order valence-electron chi connectivity index (χ0n) is 10.6. The van der Waals surface area contributed by atoms with Gasteiger partial charge >= 0.3 is 0 Å². The SMILES string of the molecule is CCCCOc1ccc(-c2cc(CN)[nH]n2)cc1. The van der Waals surface area contributed by atoms with E-state index in [1.54, 1.807) is 0 Å². The Bertz CT molecular complexity index is 476. The average molecular weight is 245 g/mol. The van der Waals surface area contributed by atoms with Crippen molar-refractivity contribution in [3.63, 3.8) is 0 Å². The molecule has 0 atom stereocenters. The normalized spacial score (nSPS) is 10.6. The van der Waals surface area contributed by atoms with Gasteiger partial charge in [0.15, 0.2) is 0 Å². The molecule has 4 nitrogen and oxygen atoms in total. The number of ether oxygens (including phenoxy) is 1. The van der Waals surface area contributed by atoms with Crippen molar-refractivity contribution < 1.29 is 4.74 Å². The van der Waals surface area contributed by atoms with Crippen LogP contribution in [0.25, 0.3) is 11.3 Å². The average Bonchev–Trinajstić information content (AvgIpc) is 2.89. The Balaban J connectivity index is 2.02. The number of benzene rings is 1. The second-order valence-corrected chi connectivity index (χ2v) is 4.21. The maximum atomic E-state index is 5.62. The number of H-pyrrole nitrogens is 1. The van der Waals surface area contributed by atoms with E-state index in [-0.39, 0.29) is 0 Å². The first-order chi connectivity index (χ1) is 8.83. The third-order valence-electron chi connectivity index (χ3n) is 2.77. The number of nitrogens with zero attached hydrogens (tertiary/aromatic N) is 1. The van der Waals surface area contributed by atoms with Gasteiger partial charge in [-0.2, -0.15) is 5.10 Å². The van der Waals surface area contributed by atoms with E-state index in [0.717, 1.165) is 42.1 Å². The summed E-state index contributed by atoms with van der Waals surface area (Å²) in [6.07, 6.45) is 2.23. The van der Waals surface area contributed by atoms with Crippen molar-refractivity contribution in [3.8, 4) is 17.0 Å². The van der Waals surface area contributed by atoms with Gasteiger partial charge in [0.25, 0.3) is 0 Å². The van der Waals surface area contributed by atoms with Gasteiger partial charge < -0.3 is 10.5 Å².